The van der Waals surface area contributed by atoms with Gasteiger partial charge < -0.3 is 0 Å². The summed E-state index contributed by atoms with van der Waals surface area (Å²) in [6.45, 7) is 0. The van der Waals surface area contributed by atoms with Gasteiger partial charge in [-0.3, -0.25) is 4.98 Å². The normalized spacial score (nSPS) is 12.7. The van der Waals surface area contributed by atoms with Crippen LogP contribution in [0, 0.1) is 0 Å². The first-order chi connectivity index (χ1) is 9.19. The average Bonchev–Trinajstić information content (AvgIpc) is 2.34. The van der Waals surface area contributed by atoms with E-state index in [2.05, 4.69) is 4.98 Å². The highest BCUT2D eigenvalue weighted by Gasteiger charge is 2.20. The first kappa shape index (κ1) is 15.2. The lowest BCUT2D eigenvalue weighted by Crippen LogP contribution is -2.23. The van der Waals surface area contributed by atoms with Crippen molar-refractivity contribution in [2.24, 2.45) is 5.14 Å². The summed E-state index contributed by atoms with van der Waals surface area (Å²) >= 11 is 5.82. The fourth-order valence-corrected chi connectivity index (χ4v) is 4.67. The standard InChI is InChI=1S/C11H11ClN2O4S2/c12-8-1-2-9-10(7-8)14-4-3-11(9)19(15,16)5-6-20(13,17)18/h1-4,7H,5-6H2,(H2,13,17,18). The molecular weight excluding hydrogens is 324 g/mol. The predicted octanol–water partition coefficient (Wildman–Crippen LogP) is 0.950. The molecule has 0 fully saturated rings. The summed E-state index contributed by atoms with van der Waals surface area (Å²) in [7, 11) is -7.62. The number of benzene rings is 1. The van der Waals surface area contributed by atoms with Crippen LogP contribution < -0.4 is 5.14 Å². The minimum absolute atomic E-state index is 0.0165. The molecule has 0 radical (unpaired) electrons. The Hall–Kier alpha value is -1.22. The Kier molecular flexibility index (Phi) is 4.01. The maximum Gasteiger partial charge on any atom is 0.210 e. The molecule has 0 atom stereocenters. The lowest BCUT2D eigenvalue weighted by Gasteiger charge is -2.07. The molecule has 9 heteroatoms. The molecule has 0 bridgehead atoms. The highest BCUT2D eigenvalue weighted by Crippen LogP contribution is 2.24. The lowest BCUT2D eigenvalue weighted by atomic mass is 10.2. The van der Waals surface area contributed by atoms with E-state index in [4.69, 9.17) is 16.7 Å². The summed E-state index contributed by atoms with van der Waals surface area (Å²) in [5.41, 5.74) is 0.425. The van der Waals surface area contributed by atoms with Crippen LogP contribution in [0.1, 0.15) is 0 Å². The fraction of sp³-hybridized carbons (Fsp3) is 0.182. The van der Waals surface area contributed by atoms with E-state index < -0.39 is 31.4 Å². The van der Waals surface area contributed by atoms with Crippen molar-refractivity contribution in [3.63, 3.8) is 0 Å². The van der Waals surface area contributed by atoms with E-state index in [1.165, 1.54) is 24.4 Å². The van der Waals surface area contributed by atoms with Gasteiger partial charge >= 0.3 is 0 Å². The molecule has 0 spiro atoms. The van der Waals surface area contributed by atoms with Crippen molar-refractivity contribution in [3.05, 3.63) is 35.5 Å². The molecule has 1 aromatic heterocycles. The Morgan fingerprint density at radius 3 is 2.45 bits per heavy atom. The summed E-state index contributed by atoms with van der Waals surface area (Å²) in [6, 6.07) is 5.95. The van der Waals surface area contributed by atoms with Gasteiger partial charge in [-0.2, -0.15) is 0 Å². The van der Waals surface area contributed by atoms with Crippen molar-refractivity contribution in [1.29, 1.82) is 0 Å². The van der Waals surface area contributed by atoms with Crippen molar-refractivity contribution < 1.29 is 16.8 Å². The Morgan fingerprint density at radius 2 is 1.80 bits per heavy atom. The number of sulfonamides is 1. The third kappa shape index (κ3) is 3.45. The molecule has 0 amide bonds. The van der Waals surface area contributed by atoms with Gasteiger partial charge in [0.15, 0.2) is 9.84 Å². The highest BCUT2D eigenvalue weighted by atomic mass is 35.5. The van der Waals surface area contributed by atoms with Crippen LogP contribution in [0.4, 0.5) is 0 Å². The van der Waals surface area contributed by atoms with E-state index in [-0.39, 0.29) is 4.90 Å². The van der Waals surface area contributed by atoms with E-state index in [1.807, 2.05) is 0 Å². The van der Waals surface area contributed by atoms with Gasteiger partial charge in [0.1, 0.15) is 0 Å². The van der Waals surface area contributed by atoms with Gasteiger partial charge in [0.05, 0.1) is 21.9 Å². The zero-order valence-electron chi connectivity index (χ0n) is 10.2. The minimum atomic E-state index is -3.84. The first-order valence-corrected chi connectivity index (χ1v) is 9.21. The zero-order valence-corrected chi connectivity index (χ0v) is 12.5. The molecule has 6 nitrogen and oxygen atoms in total. The third-order valence-electron chi connectivity index (χ3n) is 2.64. The summed E-state index contributed by atoms with van der Waals surface area (Å²) in [4.78, 5) is 4.05. The van der Waals surface area contributed by atoms with Crippen molar-refractivity contribution in [2.75, 3.05) is 11.5 Å². The lowest BCUT2D eigenvalue weighted by molar-refractivity contribution is 0.589. The van der Waals surface area contributed by atoms with Gasteiger partial charge in [0.2, 0.25) is 10.0 Å². The predicted molar refractivity (Wildman–Crippen MR) is 76.8 cm³/mol. The van der Waals surface area contributed by atoms with Gasteiger partial charge in [-0.25, -0.2) is 22.0 Å². The fourth-order valence-electron chi connectivity index (χ4n) is 1.70. The molecule has 2 N–H and O–H groups in total. The molecule has 1 heterocycles. The monoisotopic (exact) mass is 334 g/mol. The molecule has 0 aliphatic heterocycles. The van der Waals surface area contributed by atoms with Crippen LogP contribution in [0.3, 0.4) is 0 Å². The third-order valence-corrected chi connectivity index (χ3v) is 5.67. The minimum Gasteiger partial charge on any atom is -0.256 e. The van der Waals surface area contributed by atoms with Crippen molar-refractivity contribution >= 4 is 42.4 Å². The Bertz CT molecular complexity index is 863. The van der Waals surface area contributed by atoms with E-state index >= 15 is 0 Å². The Morgan fingerprint density at radius 1 is 1.10 bits per heavy atom. The van der Waals surface area contributed by atoms with Crippen LogP contribution >= 0.6 is 11.6 Å². The second-order valence-corrected chi connectivity index (χ2v) is 8.40. The highest BCUT2D eigenvalue weighted by molar-refractivity contribution is 7.94. The number of nitrogens with zero attached hydrogens (tertiary/aromatic N) is 1. The Labute approximate surface area is 121 Å². The number of hydrogen-bond acceptors (Lipinski definition) is 5. The van der Waals surface area contributed by atoms with Crippen molar-refractivity contribution in [1.82, 2.24) is 4.98 Å². The quantitative estimate of drug-likeness (QED) is 0.895. The number of fused-ring (bicyclic) bond motifs is 1. The molecule has 0 saturated carbocycles. The van der Waals surface area contributed by atoms with Gasteiger partial charge in [0, 0.05) is 16.6 Å². The molecular formula is C11H11ClN2O4S2. The number of halogens is 1. The van der Waals surface area contributed by atoms with Crippen LogP contribution in [0.2, 0.25) is 5.02 Å². The molecule has 0 aliphatic rings. The number of primary sulfonamides is 1. The van der Waals surface area contributed by atoms with Crippen LogP contribution in [-0.4, -0.2) is 33.3 Å². The maximum absolute atomic E-state index is 12.2. The molecule has 1 aromatic carbocycles. The van der Waals surface area contributed by atoms with E-state index in [0.717, 1.165) is 0 Å². The summed E-state index contributed by atoms with van der Waals surface area (Å²) in [6.07, 6.45) is 1.34. The number of aromatic nitrogens is 1. The van der Waals surface area contributed by atoms with E-state index in [9.17, 15) is 16.8 Å². The largest absolute Gasteiger partial charge is 0.256 e. The van der Waals surface area contributed by atoms with Gasteiger partial charge in [-0.1, -0.05) is 17.7 Å². The summed E-state index contributed by atoms with van der Waals surface area (Å²) < 4.78 is 46.2. The van der Waals surface area contributed by atoms with Crippen LogP contribution in [0.5, 0.6) is 0 Å². The number of pyridine rings is 1. The van der Waals surface area contributed by atoms with Gasteiger partial charge in [-0.05, 0) is 18.2 Å². The number of hydrogen-bond donors (Lipinski definition) is 1. The van der Waals surface area contributed by atoms with E-state index in [0.29, 0.717) is 15.9 Å². The maximum atomic E-state index is 12.2. The van der Waals surface area contributed by atoms with Crippen LogP contribution in [0.25, 0.3) is 10.9 Å². The molecule has 2 aromatic rings. The number of sulfone groups is 1. The van der Waals surface area contributed by atoms with Gasteiger partial charge in [-0.15, -0.1) is 0 Å². The topological polar surface area (TPSA) is 107 Å². The average molecular weight is 335 g/mol. The van der Waals surface area contributed by atoms with E-state index in [1.54, 1.807) is 6.07 Å². The molecule has 0 unspecified atom stereocenters. The smallest absolute Gasteiger partial charge is 0.210 e. The van der Waals surface area contributed by atoms with Crippen molar-refractivity contribution in [3.8, 4) is 0 Å². The second-order valence-electron chi connectivity index (χ2n) is 4.16. The Balaban J connectivity index is 2.52. The molecule has 0 aliphatic carbocycles. The summed E-state index contributed by atoms with van der Waals surface area (Å²) in [5, 5.41) is 5.66. The van der Waals surface area contributed by atoms with Crippen molar-refractivity contribution in [2.45, 2.75) is 4.90 Å². The molecule has 0 saturated heterocycles. The molecule has 20 heavy (non-hydrogen) atoms. The van der Waals surface area contributed by atoms with Crippen LogP contribution in [-0.2, 0) is 19.9 Å². The SMILES string of the molecule is NS(=O)(=O)CCS(=O)(=O)c1ccnc2cc(Cl)ccc12. The second kappa shape index (κ2) is 5.28. The number of rotatable bonds is 4. The van der Waals surface area contributed by atoms with Crippen LogP contribution in [0.15, 0.2) is 35.4 Å². The molecule has 108 valence electrons. The number of nitrogens with two attached hydrogens (primary N) is 1. The zero-order chi connectivity index (χ0) is 15.0. The molecule has 2 rings (SSSR count). The summed E-state index contributed by atoms with van der Waals surface area (Å²) in [5.74, 6) is -1.21. The van der Waals surface area contributed by atoms with Gasteiger partial charge in [0.25, 0.3) is 0 Å². The first-order valence-electron chi connectivity index (χ1n) is 5.46.